The van der Waals surface area contributed by atoms with Crippen LogP contribution in [0.15, 0.2) is 22.9 Å². The molecule has 0 aliphatic carbocycles. The summed E-state index contributed by atoms with van der Waals surface area (Å²) in [6, 6.07) is 2.53. The average molecular weight is 248 g/mol. The topological polar surface area (TPSA) is 0 Å². The molecule has 0 unspecified atom stereocenters. The van der Waals surface area contributed by atoms with E-state index in [0.717, 1.165) is 0 Å². The van der Waals surface area contributed by atoms with Crippen LogP contribution in [0.1, 0.15) is 6.92 Å². The second kappa shape index (κ2) is 6.32. The maximum atomic E-state index is 5.39. The molecular weight excluding hydrogens is 239 g/mol. The summed E-state index contributed by atoms with van der Waals surface area (Å²) >= 11 is 17.9. The molecule has 0 saturated heterocycles. The van der Waals surface area contributed by atoms with Gasteiger partial charge in [0, 0.05) is 0 Å². The van der Waals surface area contributed by atoms with Crippen LogP contribution in [0.5, 0.6) is 0 Å². The number of hydrogen-bond acceptors (Lipinski definition) is 1. The molecule has 0 amide bonds. The van der Waals surface area contributed by atoms with Crippen molar-refractivity contribution in [1.29, 1.82) is 0 Å². The molecule has 0 fully saturated rings. The van der Waals surface area contributed by atoms with Gasteiger partial charge in [0.1, 0.15) is 0 Å². The van der Waals surface area contributed by atoms with Gasteiger partial charge in [0.2, 0.25) is 0 Å². The highest BCUT2D eigenvalue weighted by molar-refractivity contribution is 7.64. The van der Waals surface area contributed by atoms with Gasteiger partial charge in [-0.25, -0.2) is 0 Å². The van der Waals surface area contributed by atoms with E-state index in [1.807, 2.05) is 29.8 Å². The van der Waals surface area contributed by atoms with Gasteiger partial charge in [-0.1, -0.05) is 19.1 Å². The van der Waals surface area contributed by atoms with Gasteiger partial charge in [0.05, 0.1) is 0 Å². The fourth-order valence-corrected chi connectivity index (χ4v) is 0.680. The first kappa shape index (κ1) is 11.8. The molecule has 64 valence electrons. The molecule has 1 aromatic heterocycles. The summed E-state index contributed by atoms with van der Waals surface area (Å²) in [4.78, 5) is 0. The Balaban J connectivity index is 0.000000183. The van der Waals surface area contributed by atoms with E-state index >= 15 is 0 Å². The van der Waals surface area contributed by atoms with Crippen LogP contribution in [0.3, 0.4) is 0 Å². The molecule has 0 saturated carbocycles. The lowest BCUT2D eigenvalue weighted by atomic mass is 10.7. The molecule has 0 aliphatic heterocycles. The molecule has 0 bridgehead atoms. The number of hydrogen-bond donors (Lipinski definition) is 0. The zero-order valence-corrected chi connectivity index (χ0v) is 10.1. The van der Waals surface area contributed by atoms with Crippen molar-refractivity contribution in [2.45, 2.75) is 13.0 Å². The second-order valence-corrected chi connectivity index (χ2v) is 12.1. The zero-order chi connectivity index (χ0) is 8.74. The molecule has 0 radical (unpaired) electrons. The predicted octanol–water partition coefficient (Wildman–Crippen LogP) is 4.41. The van der Waals surface area contributed by atoms with Crippen molar-refractivity contribution in [2.75, 3.05) is 0 Å². The Morgan fingerprint density at radius 1 is 1.18 bits per heavy atom. The lowest BCUT2D eigenvalue weighted by Gasteiger charge is -1.98. The lowest BCUT2D eigenvalue weighted by Crippen LogP contribution is -2.04. The van der Waals surface area contributed by atoms with Crippen LogP contribution in [-0.4, -0.2) is 6.00 Å². The fraction of sp³-hybridized carbons (Fsp3) is 0.333. The third kappa shape index (κ3) is 10.8. The van der Waals surface area contributed by atoms with Crippen LogP contribution in [0.25, 0.3) is 0 Å². The number of rotatable bonds is 1. The third-order valence-corrected chi connectivity index (χ3v) is 4.66. The highest BCUT2D eigenvalue weighted by Gasteiger charge is 2.20. The van der Waals surface area contributed by atoms with Crippen LogP contribution >= 0.6 is 44.6 Å². The van der Waals surface area contributed by atoms with E-state index < -0.39 is 6.00 Å². The van der Waals surface area contributed by atoms with Crippen molar-refractivity contribution >= 4 is 50.6 Å². The molecule has 11 heavy (non-hydrogen) atoms. The SMILES string of the molecule is CC[Si](Cl)(Cl)Cl.c1ccsc1. The van der Waals surface area contributed by atoms with Gasteiger partial charge >= 0.3 is 6.00 Å². The van der Waals surface area contributed by atoms with Crippen molar-refractivity contribution in [3.8, 4) is 0 Å². The van der Waals surface area contributed by atoms with E-state index in [1.165, 1.54) is 0 Å². The third-order valence-electron chi connectivity index (χ3n) is 0.826. The smallest absolute Gasteiger partial charge is 0.152 e. The van der Waals surface area contributed by atoms with Gasteiger partial charge < -0.3 is 0 Å². The first-order chi connectivity index (χ1) is 5.06. The van der Waals surface area contributed by atoms with Crippen LogP contribution in [0.4, 0.5) is 0 Å². The Morgan fingerprint density at radius 3 is 1.64 bits per heavy atom. The molecule has 1 rings (SSSR count). The molecule has 1 heterocycles. The van der Waals surface area contributed by atoms with Crippen molar-refractivity contribution in [3.05, 3.63) is 22.9 Å². The van der Waals surface area contributed by atoms with Crippen LogP contribution < -0.4 is 0 Å². The Hall–Kier alpha value is 0.787. The Morgan fingerprint density at radius 2 is 1.55 bits per heavy atom. The quantitative estimate of drug-likeness (QED) is 0.509. The molecule has 0 nitrogen and oxygen atoms in total. The van der Waals surface area contributed by atoms with E-state index in [-0.39, 0.29) is 0 Å². The van der Waals surface area contributed by atoms with Crippen LogP contribution in [-0.2, 0) is 0 Å². The molecule has 1 aromatic rings. The van der Waals surface area contributed by atoms with Crippen molar-refractivity contribution in [3.63, 3.8) is 0 Å². The second-order valence-electron chi connectivity index (χ2n) is 1.76. The minimum Gasteiger partial charge on any atom is -0.152 e. The largest absolute Gasteiger partial charge is 0.341 e. The van der Waals surface area contributed by atoms with Gasteiger partial charge in [0.25, 0.3) is 0 Å². The van der Waals surface area contributed by atoms with Crippen molar-refractivity contribution < 1.29 is 0 Å². The van der Waals surface area contributed by atoms with Gasteiger partial charge in [-0.15, -0.1) is 33.2 Å². The van der Waals surface area contributed by atoms with Gasteiger partial charge in [-0.3, -0.25) is 0 Å². The normalized spacial score (nSPS) is 10.2. The summed E-state index contributed by atoms with van der Waals surface area (Å²) in [7, 11) is 0. The summed E-state index contributed by atoms with van der Waals surface area (Å²) in [5.41, 5.74) is 0. The van der Waals surface area contributed by atoms with Crippen molar-refractivity contribution in [2.24, 2.45) is 0 Å². The fourth-order valence-electron chi connectivity index (χ4n) is 0.227. The van der Waals surface area contributed by atoms with E-state index in [1.54, 1.807) is 11.3 Å². The first-order valence-electron chi connectivity index (χ1n) is 3.10. The maximum absolute atomic E-state index is 5.39. The van der Waals surface area contributed by atoms with E-state index in [2.05, 4.69) is 0 Å². The predicted molar refractivity (Wildman–Crippen MR) is 58.1 cm³/mol. The summed E-state index contributed by atoms with van der Waals surface area (Å²) in [6.45, 7) is 1.87. The van der Waals surface area contributed by atoms with Gasteiger partial charge in [-0.05, 0) is 16.8 Å². The number of thiophene rings is 1. The minimum absolute atomic E-state index is 0.706. The molecule has 0 spiro atoms. The number of halogens is 3. The van der Waals surface area contributed by atoms with E-state index in [9.17, 15) is 0 Å². The molecule has 0 atom stereocenters. The van der Waals surface area contributed by atoms with Crippen LogP contribution in [0.2, 0.25) is 6.04 Å². The monoisotopic (exact) mass is 246 g/mol. The molecule has 0 N–H and O–H groups in total. The zero-order valence-electron chi connectivity index (χ0n) is 6.06. The Kier molecular flexibility index (Phi) is 6.77. The van der Waals surface area contributed by atoms with E-state index in [4.69, 9.17) is 33.2 Å². The highest BCUT2D eigenvalue weighted by Crippen LogP contribution is 2.23. The maximum Gasteiger partial charge on any atom is 0.341 e. The first-order valence-corrected chi connectivity index (χ1v) is 9.28. The highest BCUT2D eigenvalue weighted by atomic mass is 35.8. The summed E-state index contributed by atoms with van der Waals surface area (Å²) in [5.74, 6) is 0. The average Bonchev–Trinajstić information content (AvgIpc) is 2.41. The van der Waals surface area contributed by atoms with Crippen LogP contribution in [0, 0.1) is 0 Å². The molecule has 5 heteroatoms. The standard InChI is InChI=1S/C4H4S.C2H5Cl3Si/c1-2-4-5-3-1;1-2-6(3,4)5/h1-4H;2H2,1H3. The molecular formula is C6H9Cl3SSi. The van der Waals surface area contributed by atoms with Gasteiger partial charge in [0.15, 0.2) is 0 Å². The summed E-state index contributed by atoms with van der Waals surface area (Å²) in [6.07, 6.45) is 0. The minimum atomic E-state index is -2.21. The van der Waals surface area contributed by atoms with Crippen molar-refractivity contribution in [1.82, 2.24) is 0 Å². The summed E-state index contributed by atoms with van der Waals surface area (Å²) in [5, 5.41) is 4.08. The summed E-state index contributed by atoms with van der Waals surface area (Å²) < 4.78 is 0. The molecule has 0 aliphatic rings. The van der Waals surface area contributed by atoms with Gasteiger partial charge in [-0.2, -0.15) is 11.3 Å². The Labute approximate surface area is 86.2 Å². The Bertz CT molecular complexity index is 142. The molecule has 0 aromatic carbocycles. The lowest BCUT2D eigenvalue weighted by molar-refractivity contribution is 1.46. The van der Waals surface area contributed by atoms with E-state index in [0.29, 0.717) is 6.04 Å².